The first-order valence-corrected chi connectivity index (χ1v) is 7.48. The molecule has 4 nitrogen and oxygen atoms in total. The smallest absolute Gasteiger partial charge is 0.231 e. The van der Waals surface area contributed by atoms with Crippen molar-refractivity contribution in [1.29, 1.82) is 0 Å². The van der Waals surface area contributed by atoms with E-state index in [-0.39, 0.29) is 0 Å². The number of benzene rings is 2. The Morgan fingerprint density at radius 3 is 2.77 bits per heavy atom. The van der Waals surface area contributed by atoms with Crippen LogP contribution in [0, 0.1) is 6.92 Å². The molecule has 4 heteroatoms. The quantitative estimate of drug-likeness (QED) is 0.819. The number of likely N-dealkylation sites (N-methyl/N-ethyl adjacent to an activating group) is 1. The Balaban J connectivity index is 1.48. The lowest BCUT2D eigenvalue weighted by Gasteiger charge is -2.17. The molecule has 0 bridgehead atoms. The van der Waals surface area contributed by atoms with Crippen LogP contribution < -0.4 is 14.2 Å². The average molecular weight is 299 g/mol. The van der Waals surface area contributed by atoms with Crippen LogP contribution in [0.5, 0.6) is 17.2 Å². The second-order valence-corrected chi connectivity index (χ2v) is 5.54. The van der Waals surface area contributed by atoms with Gasteiger partial charge in [-0.3, -0.25) is 4.90 Å². The van der Waals surface area contributed by atoms with E-state index in [1.54, 1.807) is 0 Å². The summed E-state index contributed by atoms with van der Waals surface area (Å²) < 4.78 is 16.6. The van der Waals surface area contributed by atoms with Crippen molar-refractivity contribution in [2.75, 3.05) is 27.0 Å². The predicted molar refractivity (Wildman–Crippen MR) is 85.6 cm³/mol. The minimum Gasteiger partial charge on any atom is -0.492 e. The summed E-state index contributed by atoms with van der Waals surface area (Å²) in [5.74, 6) is 2.62. The number of fused-ring (bicyclic) bond motifs is 1. The molecule has 1 aliphatic heterocycles. The zero-order valence-corrected chi connectivity index (χ0v) is 13.0. The van der Waals surface area contributed by atoms with Crippen LogP contribution in [0.15, 0.2) is 42.5 Å². The van der Waals surface area contributed by atoms with Gasteiger partial charge < -0.3 is 14.2 Å². The van der Waals surface area contributed by atoms with E-state index in [1.165, 1.54) is 11.1 Å². The second-order valence-electron chi connectivity index (χ2n) is 5.54. The highest BCUT2D eigenvalue weighted by atomic mass is 16.7. The molecule has 0 unspecified atom stereocenters. The molecular formula is C18H21NO3. The third kappa shape index (κ3) is 3.52. The number of hydrogen-bond donors (Lipinski definition) is 0. The lowest BCUT2D eigenvalue weighted by Crippen LogP contribution is -2.24. The van der Waals surface area contributed by atoms with Crippen molar-refractivity contribution < 1.29 is 14.2 Å². The van der Waals surface area contributed by atoms with Gasteiger partial charge >= 0.3 is 0 Å². The largest absolute Gasteiger partial charge is 0.492 e. The van der Waals surface area contributed by atoms with Gasteiger partial charge in [-0.2, -0.15) is 0 Å². The van der Waals surface area contributed by atoms with Gasteiger partial charge in [-0.05, 0) is 43.3 Å². The van der Waals surface area contributed by atoms with Crippen molar-refractivity contribution in [1.82, 2.24) is 4.90 Å². The van der Waals surface area contributed by atoms with Gasteiger partial charge in [-0.25, -0.2) is 0 Å². The standard InChI is InChI=1S/C18H21NO3/c1-14-5-3-4-6-16(14)20-10-9-19(2)12-15-7-8-17-18(11-15)22-13-21-17/h3-8,11H,9-10,12-13H2,1-2H3. The van der Waals surface area contributed by atoms with Gasteiger partial charge in [-0.1, -0.05) is 24.3 Å². The van der Waals surface area contributed by atoms with Gasteiger partial charge in [0, 0.05) is 13.1 Å². The number of ether oxygens (including phenoxy) is 3. The van der Waals surface area contributed by atoms with Gasteiger partial charge in [-0.15, -0.1) is 0 Å². The van der Waals surface area contributed by atoms with Gasteiger partial charge in [0.05, 0.1) is 0 Å². The van der Waals surface area contributed by atoms with Gasteiger partial charge in [0.2, 0.25) is 6.79 Å². The van der Waals surface area contributed by atoms with E-state index in [2.05, 4.69) is 31.0 Å². The molecule has 116 valence electrons. The predicted octanol–water partition coefficient (Wildman–Crippen LogP) is 3.23. The van der Waals surface area contributed by atoms with E-state index >= 15 is 0 Å². The summed E-state index contributed by atoms with van der Waals surface area (Å²) in [5, 5.41) is 0. The molecule has 0 radical (unpaired) electrons. The molecule has 0 aliphatic carbocycles. The van der Waals surface area contributed by atoms with Crippen molar-refractivity contribution in [2.45, 2.75) is 13.5 Å². The van der Waals surface area contributed by atoms with Gasteiger partial charge in [0.15, 0.2) is 11.5 Å². The molecule has 2 aromatic carbocycles. The maximum atomic E-state index is 5.83. The van der Waals surface area contributed by atoms with Gasteiger partial charge in [0.1, 0.15) is 12.4 Å². The summed E-state index contributed by atoms with van der Waals surface area (Å²) in [6.45, 7) is 4.77. The first-order chi connectivity index (χ1) is 10.7. The SMILES string of the molecule is Cc1ccccc1OCCN(C)Cc1ccc2c(c1)OCO2. The highest BCUT2D eigenvalue weighted by Gasteiger charge is 2.13. The molecule has 2 aromatic rings. The summed E-state index contributed by atoms with van der Waals surface area (Å²) in [6, 6.07) is 14.2. The van der Waals surface area contributed by atoms with E-state index in [4.69, 9.17) is 14.2 Å². The molecule has 22 heavy (non-hydrogen) atoms. The summed E-state index contributed by atoms with van der Waals surface area (Å²) in [6.07, 6.45) is 0. The molecule has 0 N–H and O–H groups in total. The van der Waals surface area contributed by atoms with Crippen LogP contribution in [0.4, 0.5) is 0 Å². The fourth-order valence-corrected chi connectivity index (χ4v) is 2.46. The molecule has 0 atom stereocenters. The lowest BCUT2D eigenvalue weighted by atomic mass is 10.2. The Hall–Kier alpha value is -2.20. The van der Waals surface area contributed by atoms with Crippen LogP contribution in [0.2, 0.25) is 0 Å². The van der Waals surface area contributed by atoms with Crippen molar-refractivity contribution in [3.8, 4) is 17.2 Å². The first-order valence-electron chi connectivity index (χ1n) is 7.48. The molecule has 1 heterocycles. The molecule has 0 amide bonds. The van der Waals surface area contributed by atoms with Crippen LogP contribution in [0.1, 0.15) is 11.1 Å². The lowest BCUT2D eigenvalue weighted by molar-refractivity contribution is 0.174. The molecular weight excluding hydrogens is 278 g/mol. The summed E-state index contributed by atoms with van der Waals surface area (Å²) in [5.41, 5.74) is 2.38. The summed E-state index contributed by atoms with van der Waals surface area (Å²) >= 11 is 0. The zero-order valence-electron chi connectivity index (χ0n) is 13.0. The Bertz CT molecular complexity index is 642. The molecule has 0 aromatic heterocycles. The van der Waals surface area contributed by atoms with Crippen LogP contribution in [-0.4, -0.2) is 31.9 Å². The molecule has 1 aliphatic rings. The zero-order chi connectivity index (χ0) is 15.4. The monoisotopic (exact) mass is 299 g/mol. The Morgan fingerprint density at radius 2 is 1.91 bits per heavy atom. The van der Waals surface area contributed by atoms with E-state index in [9.17, 15) is 0 Å². The van der Waals surface area contributed by atoms with Crippen molar-refractivity contribution >= 4 is 0 Å². The fourth-order valence-electron chi connectivity index (χ4n) is 2.46. The average Bonchev–Trinajstić information content (AvgIpc) is 2.97. The van der Waals surface area contributed by atoms with Crippen LogP contribution in [0.3, 0.4) is 0 Å². The third-order valence-electron chi connectivity index (χ3n) is 3.71. The molecule has 0 saturated heterocycles. The molecule has 0 fully saturated rings. The normalized spacial score (nSPS) is 12.7. The minimum absolute atomic E-state index is 0.318. The van der Waals surface area contributed by atoms with Crippen molar-refractivity contribution in [2.24, 2.45) is 0 Å². The summed E-state index contributed by atoms with van der Waals surface area (Å²) in [7, 11) is 2.09. The van der Waals surface area contributed by atoms with E-state index < -0.39 is 0 Å². The number of para-hydroxylation sites is 1. The maximum Gasteiger partial charge on any atom is 0.231 e. The number of hydrogen-bond acceptors (Lipinski definition) is 4. The van der Waals surface area contributed by atoms with E-state index in [0.29, 0.717) is 13.4 Å². The van der Waals surface area contributed by atoms with Crippen LogP contribution in [-0.2, 0) is 6.54 Å². The van der Waals surface area contributed by atoms with Gasteiger partial charge in [0.25, 0.3) is 0 Å². The minimum atomic E-state index is 0.318. The molecule has 0 spiro atoms. The van der Waals surface area contributed by atoms with Crippen molar-refractivity contribution in [3.05, 3.63) is 53.6 Å². The summed E-state index contributed by atoms with van der Waals surface area (Å²) in [4.78, 5) is 2.23. The second kappa shape index (κ2) is 6.71. The number of aryl methyl sites for hydroxylation is 1. The van der Waals surface area contributed by atoms with Crippen LogP contribution >= 0.6 is 0 Å². The first kappa shape index (κ1) is 14.7. The molecule has 0 saturated carbocycles. The Kier molecular flexibility index (Phi) is 4.49. The highest BCUT2D eigenvalue weighted by molar-refractivity contribution is 5.44. The topological polar surface area (TPSA) is 30.9 Å². The van der Waals surface area contributed by atoms with E-state index in [1.807, 2.05) is 30.3 Å². The Labute approximate surface area is 131 Å². The maximum absolute atomic E-state index is 5.83. The number of rotatable bonds is 6. The third-order valence-corrected chi connectivity index (χ3v) is 3.71. The van der Waals surface area contributed by atoms with Crippen LogP contribution in [0.25, 0.3) is 0 Å². The van der Waals surface area contributed by atoms with E-state index in [0.717, 1.165) is 30.3 Å². The number of nitrogens with zero attached hydrogens (tertiary/aromatic N) is 1. The molecule has 3 rings (SSSR count). The van der Waals surface area contributed by atoms with Crippen molar-refractivity contribution in [3.63, 3.8) is 0 Å². The fraction of sp³-hybridized carbons (Fsp3) is 0.333. The highest BCUT2D eigenvalue weighted by Crippen LogP contribution is 2.32. The Morgan fingerprint density at radius 1 is 1.09 bits per heavy atom.